The molecule has 0 bridgehead atoms. The van der Waals surface area contributed by atoms with Gasteiger partial charge in [0.05, 0.1) is 17.0 Å². The predicted octanol–water partition coefficient (Wildman–Crippen LogP) is 4.47. The summed E-state index contributed by atoms with van der Waals surface area (Å²) in [6.45, 7) is 1.71. The second-order valence-corrected chi connectivity index (χ2v) is 9.29. The van der Waals surface area contributed by atoms with Crippen LogP contribution in [0.5, 0.6) is 0 Å². The number of nitrogens with zero attached hydrogens (tertiary/aromatic N) is 2. The molecule has 186 valence electrons. The predicted molar refractivity (Wildman–Crippen MR) is 129 cm³/mol. The van der Waals surface area contributed by atoms with E-state index in [1.807, 2.05) is 12.1 Å². The van der Waals surface area contributed by atoms with Crippen LogP contribution in [-0.4, -0.2) is 15.7 Å². The highest BCUT2D eigenvalue weighted by Crippen LogP contribution is 2.38. The van der Waals surface area contributed by atoms with E-state index < -0.39 is 17.8 Å². The molecule has 4 rings (SSSR count). The quantitative estimate of drug-likeness (QED) is 0.460. The molecule has 1 aliphatic carbocycles. The Labute approximate surface area is 200 Å². The number of halogens is 3. The van der Waals surface area contributed by atoms with E-state index in [1.54, 1.807) is 13.0 Å². The van der Waals surface area contributed by atoms with Crippen molar-refractivity contribution in [3.8, 4) is 0 Å². The van der Waals surface area contributed by atoms with Gasteiger partial charge in [0.15, 0.2) is 5.82 Å². The van der Waals surface area contributed by atoms with Crippen LogP contribution in [0.15, 0.2) is 41.2 Å². The molecule has 5 N–H and O–H groups in total. The number of alkyl halides is 3. The highest BCUT2D eigenvalue weighted by molar-refractivity contribution is 5.91. The summed E-state index contributed by atoms with van der Waals surface area (Å²) in [5.41, 5.74) is 11.5. The number of carbonyl (C=O) groups excluding carboxylic acids is 1. The lowest BCUT2D eigenvalue weighted by Crippen LogP contribution is -2.27. The average Bonchev–Trinajstić information content (AvgIpc) is 2.81. The molecular formula is C25H28F3N5O2. The lowest BCUT2D eigenvalue weighted by atomic mass is 9.78. The molecular weight excluding hydrogens is 459 g/mol. The van der Waals surface area contributed by atoms with Crippen LogP contribution >= 0.6 is 0 Å². The number of carbonyl (C=O) groups is 1. The number of aromatic nitrogens is 2. The SMILES string of the molecule is C[C@@H](Nc1nn(C)c(=O)c2ccc([C@H]3CC[C@@H](C(N)=O)CC3)cc12)c1cc(N)cc(C(F)(F)F)c1. The molecule has 0 spiro atoms. The number of nitrogen functional groups attached to an aromatic ring is 1. The van der Waals surface area contributed by atoms with Crippen LogP contribution in [-0.2, 0) is 18.0 Å². The molecule has 3 aromatic rings. The Hall–Kier alpha value is -3.56. The number of amides is 1. The maximum atomic E-state index is 13.3. The zero-order valence-electron chi connectivity index (χ0n) is 19.5. The van der Waals surface area contributed by atoms with Crippen LogP contribution in [0, 0.1) is 5.92 Å². The van der Waals surface area contributed by atoms with Crippen molar-refractivity contribution in [2.24, 2.45) is 18.7 Å². The lowest BCUT2D eigenvalue weighted by molar-refractivity contribution is -0.137. The topological polar surface area (TPSA) is 116 Å². The van der Waals surface area contributed by atoms with Crippen molar-refractivity contribution in [1.82, 2.24) is 9.78 Å². The highest BCUT2D eigenvalue weighted by Gasteiger charge is 2.31. The van der Waals surface area contributed by atoms with E-state index in [2.05, 4.69) is 10.4 Å². The number of nitrogens with one attached hydrogen (secondary N) is 1. The van der Waals surface area contributed by atoms with E-state index in [9.17, 15) is 22.8 Å². The first kappa shape index (κ1) is 24.6. The van der Waals surface area contributed by atoms with E-state index in [0.717, 1.165) is 30.5 Å². The van der Waals surface area contributed by atoms with Gasteiger partial charge in [0.25, 0.3) is 5.56 Å². The Balaban J connectivity index is 1.69. The molecule has 1 aliphatic rings. The largest absolute Gasteiger partial charge is 0.416 e. The summed E-state index contributed by atoms with van der Waals surface area (Å²) in [5, 5.41) is 8.58. The molecule has 1 heterocycles. The molecule has 1 saturated carbocycles. The fraction of sp³-hybridized carbons (Fsp3) is 0.400. The summed E-state index contributed by atoms with van der Waals surface area (Å²) in [5.74, 6) is 0.217. The Morgan fingerprint density at radius 3 is 2.43 bits per heavy atom. The fourth-order valence-electron chi connectivity index (χ4n) is 4.82. The van der Waals surface area contributed by atoms with Gasteiger partial charge in [-0.25, -0.2) is 4.68 Å². The van der Waals surface area contributed by atoms with Crippen LogP contribution in [0.4, 0.5) is 24.7 Å². The minimum Gasteiger partial charge on any atom is -0.399 e. The molecule has 0 radical (unpaired) electrons. The normalized spacial score (nSPS) is 19.5. The second kappa shape index (κ2) is 9.24. The fourth-order valence-corrected chi connectivity index (χ4v) is 4.82. The van der Waals surface area contributed by atoms with Crippen molar-refractivity contribution in [1.29, 1.82) is 0 Å². The molecule has 0 saturated heterocycles. The maximum absolute atomic E-state index is 13.3. The second-order valence-electron chi connectivity index (χ2n) is 9.29. The van der Waals surface area contributed by atoms with Crippen LogP contribution in [0.2, 0.25) is 0 Å². The van der Waals surface area contributed by atoms with Crippen LogP contribution in [0.25, 0.3) is 10.8 Å². The first-order valence-corrected chi connectivity index (χ1v) is 11.5. The monoisotopic (exact) mass is 487 g/mol. The van der Waals surface area contributed by atoms with Crippen molar-refractivity contribution < 1.29 is 18.0 Å². The summed E-state index contributed by atoms with van der Waals surface area (Å²) < 4.78 is 41.0. The molecule has 0 unspecified atom stereocenters. The third kappa shape index (κ3) is 5.11. The molecule has 7 nitrogen and oxygen atoms in total. The third-order valence-corrected chi connectivity index (χ3v) is 6.83. The molecule has 1 fully saturated rings. The Bertz CT molecular complexity index is 1330. The number of fused-ring (bicyclic) bond motifs is 1. The van der Waals surface area contributed by atoms with Crippen LogP contribution < -0.4 is 22.3 Å². The van der Waals surface area contributed by atoms with Gasteiger partial charge in [0.1, 0.15) is 0 Å². The number of hydrogen-bond donors (Lipinski definition) is 3. The van der Waals surface area contributed by atoms with Crippen molar-refractivity contribution in [2.75, 3.05) is 11.1 Å². The number of anilines is 2. The first-order chi connectivity index (χ1) is 16.4. The van der Waals surface area contributed by atoms with E-state index in [-0.39, 0.29) is 29.0 Å². The van der Waals surface area contributed by atoms with Gasteiger partial charge in [-0.05, 0) is 80.0 Å². The number of aryl methyl sites for hydroxylation is 1. The van der Waals surface area contributed by atoms with E-state index in [1.165, 1.54) is 17.8 Å². The standard InChI is InChI=1S/C25H28F3N5O2/c1-13(17-9-18(25(26,27)28)12-19(29)10-17)31-23-21-11-16(7-8-20(21)24(35)33(2)32-23)14-3-5-15(6-4-14)22(30)34/h7-15H,3-6,29H2,1-2H3,(H2,30,34)(H,31,32)/t13-,14-,15+/m1/s1. The minimum absolute atomic E-state index is 0.00982. The maximum Gasteiger partial charge on any atom is 0.416 e. The summed E-state index contributed by atoms with van der Waals surface area (Å²) in [6, 6.07) is 8.46. The van der Waals surface area contributed by atoms with Gasteiger partial charge in [-0.15, -0.1) is 0 Å². The number of nitrogens with two attached hydrogens (primary N) is 2. The van der Waals surface area contributed by atoms with Crippen molar-refractivity contribution >= 4 is 28.2 Å². The number of primary amides is 1. The van der Waals surface area contributed by atoms with Gasteiger partial charge in [0.2, 0.25) is 5.91 Å². The van der Waals surface area contributed by atoms with Crippen LogP contribution in [0.1, 0.15) is 61.3 Å². The summed E-state index contributed by atoms with van der Waals surface area (Å²) in [6.07, 6.45) is -1.48. The number of benzene rings is 2. The van der Waals surface area contributed by atoms with Gasteiger partial charge in [-0.2, -0.15) is 18.3 Å². The zero-order valence-corrected chi connectivity index (χ0v) is 19.5. The Kier molecular flexibility index (Phi) is 6.48. The van der Waals surface area contributed by atoms with Gasteiger partial charge >= 0.3 is 6.18 Å². The van der Waals surface area contributed by atoms with Gasteiger partial charge in [-0.3, -0.25) is 9.59 Å². The molecule has 1 amide bonds. The van der Waals surface area contributed by atoms with Gasteiger partial charge < -0.3 is 16.8 Å². The third-order valence-electron chi connectivity index (χ3n) is 6.83. The van der Waals surface area contributed by atoms with Crippen LogP contribution in [0.3, 0.4) is 0 Å². The first-order valence-electron chi connectivity index (χ1n) is 11.5. The van der Waals surface area contributed by atoms with E-state index in [4.69, 9.17) is 11.5 Å². The van der Waals surface area contributed by atoms with Gasteiger partial charge in [-0.1, -0.05) is 6.07 Å². The molecule has 35 heavy (non-hydrogen) atoms. The lowest BCUT2D eigenvalue weighted by Gasteiger charge is -2.27. The van der Waals surface area contributed by atoms with E-state index >= 15 is 0 Å². The van der Waals surface area contributed by atoms with Crippen molar-refractivity contribution in [2.45, 2.75) is 50.7 Å². The van der Waals surface area contributed by atoms with Gasteiger partial charge in [0, 0.05) is 24.0 Å². The molecule has 1 atom stereocenters. The smallest absolute Gasteiger partial charge is 0.399 e. The average molecular weight is 488 g/mol. The number of rotatable bonds is 5. The highest BCUT2D eigenvalue weighted by atomic mass is 19.4. The molecule has 0 aliphatic heterocycles. The Morgan fingerprint density at radius 2 is 1.80 bits per heavy atom. The minimum atomic E-state index is -4.52. The van der Waals surface area contributed by atoms with Crippen molar-refractivity contribution in [3.05, 3.63) is 63.4 Å². The summed E-state index contributed by atoms with van der Waals surface area (Å²) in [7, 11) is 1.53. The molecule has 1 aromatic heterocycles. The molecule has 2 aromatic carbocycles. The summed E-state index contributed by atoms with van der Waals surface area (Å²) >= 11 is 0. The summed E-state index contributed by atoms with van der Waals surface area (Å²) in [4.78, 5) is 24.2. The molecule has 10 heteroatoms. The van der Waals surface area contributed by atoms with Crippen molar-refractivity contribution in [3.63, 3.8) is 0 Å². The zero-order chi connectivity index (χ0) is 25.5. The van der Waals surface area contributed by atoms with E-state index in [0.29, 0.717) is 35.0 Å². The Morgan fingerprint density at radius 1 is 1.11 bits per heavy atom. The number of hydrogen-bond acceptors (Lipinski definition) is 5.